The van der Waals surface area contributed by atoms with Crippen LogP contribution in [0.1, 0.15) is 25.7 Å². The number of carbonyl (C=O) groups excluding carboxylic acids is 1. The van der Waals surface area contributed by atoms with Gasteiger partial charge < -0.3 is 10.2 Å². The molecular formula is C12H16O4. The number of allylic oxidation sites excluding steroid dienone is 2. The predicted molar refractivity (Wildman–Crippen MR) is 58.9 cm³/mol. The molecule has 2 N–H and O–H groups in total. The Kier molecular flexibility index (Phi) is 4.92. The summed E-state index contributed by atoms with van der Waals surface area (Å²) in [6, 6.07) is 0. The fraction of sp³-hybridized carbons (Fsp3) is 0.500. The molecule has 2 atom stereocenters. The maximum atomic E-state index is 11.2. The molecule has 1 rings (SSSR count). The smallest absolute Gasteiger partial charge is 0.303 e. The Morgan fingerprint density at radius 3 is 2.75 bits per heavy atom. The summed E-state index contributed by atoms with van der Waals surface area (Å²) < 4.78 is 0. The lowest BCUT2D eigenvalue weighted by atomic mass is 10.0. The first-order valence-corrected chi connectivity index (χ1v) is 5.40. The molecule has 0 heterocycles. The van der Waals surface area contributed by atoms with E-state index in [9.17, 15) is 14.7 Å². The van der Waals surface area contributed by atoms with Crippen molar-refractivity contribution in [2.75, 3.05) is 0 Å². The molecule has 4 nitrogen and oxygen atoms in total. The summed E-state index contributed by atoms with van der Waals surface area (Å²) in [7, 11) is 0. The van der Waals surface area contributed by atoms with Gasteiger partial charge in [0.1, 0.15) is 0 Å². The Balaban J connectivity index is 2.17. The van der Waals surface area contributed by atoms with Crippen molar-refractivity contribution >= 4 is 11.8 Å². The molecule has 0 aliphatic heterocycles. The van der Waals surface area contributed by atoms with E-state index in [0.717, 1.165) is 12.8 Å². The van der Waals surface area contributed by atoms with Crippen LogP contribution in [-0.4, -0.2) is 28.1 Å². The van der Waals surface area contributed by atoms with Crippen LogP contribution in [0.25, 0.3) is 0 Å². The van der Waals surface area contributed by atoms with Crippen molar-refractivity contribution in [3.63, 3.8) is 0 Å². The molecule has 0 bridgehead atoms. The van der Waals surface area contributed by atoms with Crippen LogP contribution in [0, 0.1) is 5.92 Å². The van der Waals surface area contributed by atoms with Gasteiger partial charge in [0.15, 0.2) is 5.78 Å². The van der Waals surface area contributed by atoms with Crippen LogP contribution >= 0.6 is 0 Å². The van der Waals surface area contributed by atoms with Crippen molar-refractivity contribution in [2.45, 2.75) is 31.8 Å². The Morgan fingerprint density at radius 2 is 2.19 bits per heavy atom. The van der Waals surface area contributed by atoms with E-state index < -0.39 is 18.0 Å². The van der Waals surface area contributed by atoms with Gasteiger partial charge in [-0.1, -0.05) is 18.2 Å². The standard InChI is InChI=1S/C12H16O4/c13-10-7-8-11(14)9(10)5-3-1-2-4-6-12(15)16/h3,5,7-10,13H,1-2,4,6H2,(H,15,16). The molecule has 88 valence electrons. The van der Waals surface area contributed by atoms with Gasteiger partial charge in [0.05, 0.1) is 12.0 Å². The zero-order valence-electron chi connectivity index (χ0n) is 9.00. The highest BCUT2D eigenvalue weighted by molar-refractivity contribution is 5.96. The first kappa shape index (κ1) is 12.6. The highest BCUT2D eigenvalue weighted by atomic mass is 16.4. The van der Waals surface area contributed by atoms with Gasteiger partial charge in [-0.3, -0.25) is 9.59 Å². The molecule has 0 aromatic carbocycles. The van der Waals surface area contributed by atoms with Gasteiger partial charge in [0.25, 0.3) is 0 Å². The Labute approximate surface area is 94.3 Å². The van der Waals surface area contributed by atoms with E-state index in [1.807, 2.05) is 6.08 Å². The number of carboxylic acid groups (broad SMARTS) is 1. The maximum absolute atomic E-state index is 11.2. The number of aliphatic hydroxyl groups excluding tert-OH is 1. The van der Waals surface area contributed by atoms with Gasteiger partial charge in [-0.2, -0.15) is 0 Å². The van der Waals surface area contributed by atoms with E-state index in [4.69, 9.17) is 5.11 Å². The molecule has 2 unspecified atom stereocenters. The molecule has 4 heteroatoms. The highest BCUT2D eigenvalue weighted by Crippen LogP contribution is 2.17. The SMILES string of the molecule is O=C(O)CCCCC=CC1C(=O)C=CC1O. The number of rotatable bonds is 6. The molecular weight excluding hydrogens is 208 g/mol. The lowest BCUT2D eigenvalue weighted by Gasteiger charge is -2.06. The first-order valence-electron chi connectivity index (χ1n) is 5.40. The van der Waals surface area contributed by atoms with Crippen LogP contribution in [0.2, 0.25) is 0 Å². The molecule has 0 saturated carbocycles. The second-order valence-corrected chi connectivity index (χ2v) is 3.85. The molecule has 0 aromatic rings. The van der Waals surface area contributed by atoms with Crippen molar-refractivity contribution in [1.29, 1.82) is 0 Å². The monoisotopic (exact) mass is 224 g/mol. The van der Waals surface area contributed by atoms with E-state index in [0.29, 0.717) is 6.42 Å². The van der Waals surface area contributed by atoms with Gasteiger partial charge in [-0.15, -0.1) is 0 Å². The van der Waals surface area contributed by atoms with Crippen LogP contribution in [0.3, 0.4) is 0 Å². The number of aliphatic hydroxyl groups is 1. The Morgan fingerprint density at radius 1 is 1.44 bits per heavy atom. The Hall–Kier alpha value is -1.42. The molecule has 0 amide bonds. The van der Waals surface area contributed by atoms with E-state index >= 15 is 0 Å². The summed E-state index contributed by atoms with van der Waals surface area (Å²) in [6.45, 7) is 0. The zero-order chi connectivity index (χ0) is 12.0. The summed E-state index contributed by atoms with van der Waals surface area (Å²) >= 11 is 0. The number of unbranched alkanes of at least 4 members (excludes halogenated alkanes) is 2. The maximum Gasteiger partial charge on any atom is 0.303 e. The summed E-state index contributed by atoms with van der Waals surface area (Å²) in [4.78, 5) is 21.4. The largest absolute Gasteiger partial charge is 0.481 e. The summed E-state index contributed by atoms with van der Waals surface area (Å²) in [5.74, 6) is -1.30. The van der Waals surface area contributed by atoms with E-state index in [2.05, 4.69) is 0 Å². The second-order valence-electron chi connectivity index (χ2n) is 3.85. The lowest BCUT2D eigenvalue weighted by molar-refractivity contribution is -0.137. The first-order chi connectivity index (χ1) is 7.61. The topological polar surface area (TPSA) is 74.6 Å². The van der Waals surface area contributed by atoms with E-state index in [-0.39, 0.29) is 12.2 Å². The van der Waals surface area contributed by atoms with Gasteiger partial charge >= 0.3 is 5.97 Å². The molecule has 0 radical (unpaired) electrons. The second kappa shape index (κ2) is 6.23. The third-order valence-corrected chi connectivity index (χ3v) is 2.51. The molecule has 0 fully saturated rings. The zero-order valence-corrected chi connectivity index (χ0v) is 9.00. The number of hydrogen-bond acceptors (Lipinski definition) is 3. The number of aliphatic carboxylic acids is 1. The number of hydrogen-bond donors (Lipinski definition) is 2. The minimum atomic E-state index is -0.783. The van der Waals surface area contributed by atoms with Crippen molar-refractivity contribution in [2.24, 2.45) is 5.92 Å². The minimum absolute atomic E-state index is 0.0747. The van der Waals surface area contributed by atoms with Gasteiger partial charge in [-0.25, -0.2) is 0 Å². The van der Waals surface area contributed by atoms with Crippen LogP contribution in [-0.2, 0) is 9.59 Å². The summed E-state index contributed by atoms with van der Waals surface area (Å²) in [5.41, 5.74) is 0. The van der Waals surface area contributed by atoms with Gasteiger partial charge in [0, 0.05) is 6.42 Å². The normalized spacial score (nSPS) is 24.4. The molecule has 0 aromatic heterocycles. The van der Waals surface area contributed by atoms with Crippen LogP contribution in [0.5, 0.6) is 0 Å². The number of ketones is 1. The van der Waals surface area contributed by atoms with Crippen molar-refractivity contribution in [3.8, 4) is 0 Å². The summed E-state index contributed by atoms with van der Waals surface area (Å²) in [5, 5.41) is 17.8. The third kappa shape index (κ3) is 3.98. The van der Waals surface area contributed by atoms with E-state index in [1.54, 1.807) is 6.08 Å². The molecule has 1 aliphatic carbocycles. The molecule has 1 aliphatic rings. The fourth-order valence-electron chi connectivity index (χ4n) is 1.58. The van der Waals surface area contributed by atoms with E-state index in [1.165, 1.54) is 12.2 Å². The third-order valence-electron chi connectivity index (χ3n) is 2.51. The van der Waals surface area contributed by atoms with Crippen LogP contribution in [0.15, 0.2) is 24.3 Å². The van der Waals surface area contributed by atoms with Crippen molar-refractivity contribution < 1.29 is 19.8 Å². The van der Waals surface area contributed by atoms with Crippen LogP contribution in [0.4, 0.5) is 0 Å². The average molecular weight is 224 g/mol. The molecule has 0 spiro atoms. The van der Waals surface area contributed by atoms with Crippen molar-refractivity contribution in [3.05, 3.63) is 24.3 Å². The lowest BCUT2D eigenvalue weighted by Crippen LogP contribution is -2.17. The minimum Gasteiger partial charge on any atom is -0.481 e. The Bertz CT molecular complexity index is 317. The quantitative estimate of drug-likeness (QED) is 0.527. The highest BCUT2D eigenvalue weighted by Gasteiger charge is 2.25. The van der Waals surface area contributed by atoms with Crippen molar-refractivity contribution in [1.82, 2.24) is 0 Å². The average Bonchev–Trinajstić information content (AvgIpc) is 2.53. The number of carbonyl (C=O) groups is 2. The van der Waals surface area contributed by atoms with Crippen LogP contribution < -0.4 is 0 Å². The van der Waals surface area contributed by atoms with Gasteiger partial charge in [-0.05, 0) is 25.3 Å². The van der Waals surface area contributed by atoms with Gasteiger partial charge in [0.2, 0.25) is 0 Å². The summed E-state index contributed by atoms with van der Waals surface area (Å²) in [6.07, 6.45) is 8.05. The molecule has 16 heavy (non-hydrogen) atoms. The fourth-order valence-corrected chi connectivity index (χ4v) is 1.58. The molecule has 0 saturated heterocycles. The number of carboxylic acids is 1. The predicted octanol–water partition coefficient (Wildman–Crippen LogP) is 1.30.